The number of nitrogens with one attached hydrogen (secondary N) is 1. The van der Waals surface area contributed by atoms with Crippen molar-refractivity contribution < 1.29 is 10.0 Å². The van der Waals surface area contributed by atoms with E-state index in [-0.39, 0.29) is 11.7 Å². The van der Waals surface area contributed by atoms with Crippen molar-refractivity contribution in [3.05, 3.63) is 28.2 Å². The highest BCUT2D eigenvalue weighted by Gasteiger charge is 2.09. The number of hydrogen-bond donors (Lipinski definition) is 3. The van der Waals surface area contributed by atoms with Crippen LogP contribution in [-0.2, 0) is 4.79 Å². The van der Waals surface area contributed by atoms with Gasteiger partial charge in [0.1, 0.15) is 0 Å². The summed E-state index contributed by atoms with van der Waals surface area (Å²) < 4.78 is 0.799. The molecule has 4 N–H and O–H groups in total. The van der Waals surface area contributed by atoms with Crippen LogP contribution in [0.15, 0.2) is 27.8 Å². The molecule has 0 aliphatic rings. The number of carbonyl (C=O) groups is 1. The molecule has 0 saturated heterocycles. The quantitative estimate of drug-likeness (QED) is 0.343. The van der Waals surface area contributed by atoms with Gasteiger partial charge in [0, 0.05) is 16.5 Å². The molecule has 0 heterocycles. The van der Waals surface area contributed by atoms with Crippen LogP contribution in [0.1, 0.15) is 18.9 Å². The molecule has 0 saturated carbocycles. The number of amides is 1. The molecule has 5 nitrogen and oxygen atoms in total. The van der Waals surface area contributed by atoms with Gasteiger partial charge in [0.2, 0.25) is 5.91 Å². The fraction of sp³-hybridized carbons (Fsp3) is 0.200. The van der Waals surface area contributed by atoms with Crippen LogP contribution in [-0.4, -0.2) is 17.0 Å². The van der Waals surface area contributed by atoms with Crippen molar-refractivity contribution in [1.82, 2.24) is 0 Å². The third kappa shape index (κ3) is 2.96. The number of benzene rings is 1. The predicted molar refractivity (Wildman–Crippen MR) is 65.6 cm³/mol. The molecule has 0 bridgehead atoms. The summed E-state index contributed by atoms with van der Waals surface area (Å²) >= 11 is 3.28. The highest BCUT2D eigenvalue weighted by molar-refractivity contribution is 9.10. The zero-order valence-corrected chi connectivity index (χ0v) is 10.3. The monoisotopic (exact) mass is 285 g/mol. The maximum atomic E-state index is 11.3. The first kappa shape index (κ1) is 12.5. The molecule has 0 atom stereocenters. The van der Waals surface area contributed by atoms with E-state index in [9.17, 15) is 4.79 Å². The molecule has 86 valence electrons. The lowest BCUT2D eigenvalue weighted by Gasteiger charge is -2.09. The first-order valence-corrected chi connectivity index (χ1v) is 5.45. The van der Waals surface area contributed by atoms with Gasteiger partial charge < -0.3 is 16.3 Å². The summed E-state index contributed by atoms with van der Waals surface area (Å²) in [6, 6.07) is 5.10. The molecule has 6 heteroatoms. The molecule has 0 spiro atoms. The molecular weight excluding hydrogens is 274 g/mol. The molecule has 0 aromatic heterocycles. The molecule has 0 fully saturated rings. The normalized spacial score (nSPS) is 11.2. The van der Waals surface area contributed by atoms with Crippen LogP contribution in [0.2, 0.25) is 0 Å². The zero-order chi connectivity index (χ0) is 12.1. The number of rotatable bonds is 3. The number of anilines is 1. The molecule has 0 radical (unpaired) electrons. The Labute approximate surface area is 101 Å². The van der Waals surface area contributed by atoms with Crippen LogP contribution in [0.4, 0.5) is 5.69 Å². The Balaban J connectivity index is 3.13. The SMILES string of the molecule is CCC(=O)Nc1cc(Br)ccc1/C(N)=N/O. The zero-order valence-electron chi connectivity index (χ0n) is 8.70. The summed E-state index contributed by atoms with van der Waals surface area (Å²) in [5, 5.41) is 14.2. The highest BCUT2D eigenvalue weighted by Crippen LogP contribution is 2.21. The van der Waals surface area contributed by atoms with E-state index in [1.807, 2.05) is 0 Å². The second kappa shape index (κ2) is 5.50. The number of hydrogen-bond acceptors (Lipinski definition) is 3. The minimum absolute atomic E-state index is 0.0427. The lowest BCUT2D eigenvalue weighted by Crippen LogP contribution is -2.18. The van der Waals surface area contributed by atoms with E-state index < -0.39 is 0 Å². The van der Waals surface area contributed by atoms with Crippen molar-refractivity contribution in [3.63, 3.8) is 0 Å². The van der Waals surface area contributed by atoms with Gasteiger partial charge in [-0.15, -0.1) is 0 Å². The van der Waals surface area contributed by atoms with Crippen LogP contribution in [0, 0.1) is 0 Å². The van der Waals surface area contributed by atoms with E-state index in [1.54, 1.807) is 25.1 Å². The number of carbonyl (C=O) groups excluding carboxylic acids is 1. The lowest BCUT2D eigenvalue weighted by molar-refractivity contribution is -0.115. The van der Waals surface area contributed by atoms with E-state index in [0.29, 0.717) is 17.7 Å². The number of halogens is 1. The first-order chi connectivity index (χ1) is 7.58. The predicted octanol–water partition coefficient (Wildman–Crippen LogP) is 1.89. The topological polar surface area (TPSA) is 87.7 Å². The van der Waals surface area contributed by atoms with Gasteiger partial charge in [0.15, 0.2) is 5.84 Å². The molecule has 1 aromatic rings. The van der Waals surface area contributed by atoms with Crippen LogP contribution in [0.3, 0.4) is 0 Å². The third-order valence-electron chi connectivity index (χ3n) is 1.96. The third-order valence-corrected chi connectivity index (χ3v) is 2.45. The minimum Gasteiger partial charge on any atom is -0.409 e. The Morgan fingerprint density at radius 3 is 2.88 bits per heavy atom. The first-order valence-electron chi connectivity index (χ1n) is 4.65. The Morgan fingerprint density at radius 1 is 1.62 bits per heavy atom. The van der Waals surface area contributed by atoms with Crippen LogP contribution in [0.5, 0.6) is 0 Å². The van der Waals surface area contributed by atoms with Gasteiger partial charge in [-0.2, -0.15) is 0 Å². The number of nitrogens with two attached hydrogens (primary N) is 1. The van der Waals surface area contributed by atoms with Gasteiger partial charge in [-0.25, -0.2) is 0 Å². The smallest absolute Gasteiger partial charge is 0.224 e. The van der Waals surface area contributed by atoms with E-state index >= 15 is 0 Å². The average Bonchev–Trinajstić information content (AvgIpc) is 2.28. The summed E-state index contributed by atoms with van der Waals surface area (Å²) in [5.74, 6) is -0.177. The van der Waals surface area contributed by atoms with Crippen molar-refractivity contribution in [3.8, 4) is 0 Å². The van der Waals surface area contributed by atoms with Gasteiger partial charge in [-0.05, 0) is 18.2 Å². The van der Waals surface area contributed by atoms with E-state index in [1.165, 1.54) is 0 Å². The molecule has 1 aromatic carbocycles. The Bertz CT molecular complexity index is 432. The standard InChI is InChI=1S/C10H12BrN3O2/c1-2-9(15)13-8-5-6(11)3-4-7(8)10(12)14-16/h3-5,16H,2H2,1H3,(H2,12,14)(H,13,15). The Morgan fingerprint density at radius 2 is 2.31 bits per heavy atom. The fourth-order valence-electron chi connectivity index (χ4n) is 1.14. The van der Waals surface area contributed by atoms with E-state index in [2.05, 4.69) is 26.4 Å². The van der Waals surface area contributed by atoms with Crippen molar-refractivity contribution >= 4 is 33.4 Å². The summed E-state index contributed by atoms with van der Waals surface area (Å²) in [4.78, 5) is 11.3. The second-order valence-electron chi connectivity index (χ2n) is 3.08. The maximum Gasteiger partial charge on any atom is 0.224 e. The summed E-state index contributed by atoms with van der Waals surface area (Å²) in [5.41, 5.74) is 6.49. The van der Waals surface area contributed by atoms with Gasteiger partial charge in [0.25, 0.3) is 0 Å². The molecule has 0 aliphatic carbocycles. The minimum atomic E-state index is -0.134. The van der Waals surface area contributed by atoms with Crippen molar-refractivity contribution in [2.45, 2.75) is 13.3 Å². The summed E-state index contributed by atoms with van der Waals surface area (Å²) in [6.07, 6.45) is 0.363. The van der Waals surface area contributed by atoms with Gasteiger partial charge in [-0.3, -0.25) is 4.79 Å². The van der Waals surface area contributed by atoms with Crippen LogP contribution < -0.4 is 11.1 Å². The highest BCUT2D eigenvalue weighted by atomic mass is 79.9. The fourth-order valence-corrected chi connectivity index (χ4v) is 1.50. The second-order valence-corrected chi connectivity index (χ2v) is 3.99. The number of nitrogens with zero attached hydrogens (tertiary/aromatic N) is 1. The lowest BCUT2D eigenvalue weighted by atomic mass is 10.1. The van der Waals surface area contributed by atoms with Crippen LogP contribution >= 0.6 is 15.9 Å². The Hall–Kier alpha value is -1.56. The summed E-state index contributed by atoms with van der Waals surface area (Å²) in [7, 11) is 0. The van der Waals surface area contributed by atoms with E-state index in [0.717, 1.165) is 4.47 Å². The Kier molecular flexibility index (Phi) is 4.30. The van der Waals surface area contributed by atoms with E-state index in [4.69, 9.17) is 10.9 Å². The van der Waals surface area contributed by atoms with Crippen molar-refractivity contribution in [2.75, 3.05) is 5.32 Å². The van der Waals surface area contributed by atoms with Gasteiger partial charge >= 0.3 is 0 Å². The van der Waals surface area contributed by atoms with Crippen molar-refractivity contribution in [2.24, 2.45) is 10.9 Å². The van der Waals surface area contributed by atoms with Gasteiger partial charge in [0.05, 0.1) is 5.69 Å². The number of oxime groups is 1. The largest absolute Gasteiger partial charge is 0.409 e. The van der Waals surface area contributed by atoms with Crippen molar-refractivity contribution in [1.29, 1.82) is 0 Å². The average molecular weight is 286 g/mol. The molecule has 16 heavy (non-hydrogen) atoms. The molecule has 1 rings (SSSR count). The molecule has 0 aliphatic heterocycles. The molecular formula is C10H12BrN3O2. The van der Waals surface area contributed by atoms with Gasteiger partial charge in [-0.1, -0.05) is 28.0 Å². The number of amidine groups is 1. The van der Waals surface area contributed by atoms with Crippen LogP contribution in [0.25, 0.3) is 0 Å². The summed E-state index contributed by atoms with van der Waals surface area (Å²) in [6.45, 7) is 1.75. The molecule has 1 amide bonds. The molecule has 0 unspecified atom stereocenters. The maximum absolute atomic E-state index is 11.3.